The lowest BCUT2D eigenvalue weighted by atomic mass is 9.96. The fourth-order valence-electron chi connectivity index (χ4n) is 2.47. The summed E-state index contributed by atoms with van der Waals surface area (Å²) < 4.78 is 28.4. The molecular formula is C13H24N4O2S. The molecule has 1 aliphatic heterocycles. The van der Waals surface area contributed by atoms with Gasteiger partial charge in [-0.3, -0.25) is 0 Å². The Kier molecular flexibility index (Phi) is 6.00. The van der Waals surface area contributed by atoms with Crippen LogP contribution >= 0.6 is 0 Å². The number of nitrogens with one attached hydrogen (secondary N) is 2. The first kappa shape index (κ1) is 15.5. The van der Waals surface area contributed by atoms with Crippen molar-refractivity contribution in [2.45, 2.75) is 32.2 Å². The summed E-state index contributed by atoms with van der Waals surface area (Å²) in [6.45, 7) is 3.32. The fourth-order valence-corrected chi connectivity index (χ4v) is 3.72. The van der Waals surface area contributed by atoms with Crippen molar-refractivity contribution in [1.29, 1.82) is 0 Å². The molecule has 0 bridgehead atoms. The van der Waals surface area contributed by atoms with Crippen molar-refractivity contribution in [3.8, 4) is 0 Å². The smallest absolute Gasteiger partial charge is 0.211 e. The van der Waals surface area contributed by atoms with Gasteiger partial charge in [-0.25, -0.2) is 18.1 Å². The van der Waals surface area contributed by atoms with E-state index in [9.17, 15) is 8.42 Å². The van der Waals surface area contributed by atoms with Crippen molar-refractivity contribution >= 4 is 10.0 Å². The summed E-state index contributed by atoms with van der Waals surface area (Å²) in [4.78, 5) is 3.95. The molecule has 0 saturated carbocycles. The van der Waals surface area contributed by atoms with Crippen molar-refractivity contribution in [1.82, 2.24) is 19.6 Å². The van der Waals surface area contributed by atoms with Crippen molar-refractivity contribution in [3.63, 3.8) is 0 Å². The SMILES string of the molecule is O=S(=O)(CCC1CCNCC1)NCCCn1ccnc1. The van der Waals surface area contributed by atoms with Gasteiger partial charge in [0.05, 0.1) is 12.1 Å². The Balaban J connectivity index is 1.60. The lowest BCUT2D eigenvalue weighted by Gasteiger charge is -2.22. The average Bonchev–Trinajstić information content (AvgIpc) is 2.96. The monoisotopic (exact) mass is 300 g/mol. The minimum Gasteiger partial charge on any atom is -0.337 e. The quantitative estimate of drug-likeness (QED) is 0.689. The normalized spacial score (nSPS) is 17.4. The number of aryl methyl sites for hydroxylation is 1. The van der Waals surface area contributed by atoms with Crippen molar-refractivity contribution in [2.24, 2.45) is 5.92 Å². The zero-order valence-corrected chi connectivity index (χ0v) is 12.6. The minimum absolute atomic E-state index is 0.253. The van der Waals surface area contributed by atoms with E-state index in [1.54, 1.807) is 12.5 Å². The van der Waals surface area contributed by atoms with Crippen LogP contribution in [0.5, 0.6) is 0 Å². The molecule has 0 amide bonds. The summed E-state index contributed by atoms with van der Waals surface area (Å²) >= 11 is 0. The predicted octanol–water partition coefficient (Wildman–Crippen LogP) is 0.582. The molecule has 0 spiro atoms. The lowest BCUT2D eigenvalue weighted by molar-refractivity contribution is 0.365. The molecule has 7 heteroatoms. The Hall–Kier alpha value is -0.920. The van der Waals surface area contributed by atoms with Crippen LogP contribution in [0.15, 0.2) is 18.7 Å². The lowest BCUT2D eigenvalue weighted by Crippen LogP contribution is -2.32. The van der Waals surface area contributed by atoms with Crippen LogP contribution < -0.4 is 10.0 Å². The number of nitrogens with zero attached hydrogens (tertiary/aromatic N) is 2. The molecule has 1 fully saturated rings. The molecule has 0 unspecified atom stereocenters. The molecule has 0 atom stereocenters. The summed E-state index contributed by atoms with van der Waals surface area (Å²) in [6, 6.07) is 0. The number of hydrogen-bond acceptors (Lipinski definition) is 4. The van der Waals surface area contributed by atoms with E-state index in [-0.39, 0.29) is 5.75 Å². The highest BCUT2D eigenvalue weighted by Crippen LogP contribution is 2.16. The first-order valence-electron chi connectivity index (χ1n) is 7.29. The van der Waals surface area contributed by atoms with E-state index in [4.69, 9.17) is 0 Å². The molecule has 0 aliphatic carbocycles. The molecule has 2 N–H and O–H groups in total. The molecule has 20 heavy (non-hydrogen) atoms. The van der Waals surface area contributed by atoms with Crippen LogP contribution in [0.25, 0.3) is 0 Å². The van der Waals surface area contributed by atoms with E-state index in [0.717, 1.165) is 45.3 Å². The zero-order chi connectivity index (χ0) is 14.3. The number of rotatable bonds is 8. The molecule has 1 aromatic heterocycles. The largest absolute Gasteiger partial charge is 0.337 e. The summed E-state index contributed by atoms with van der Waals surface area (Å²) in [6.07, 6.45) is 9.09. The van der Waals surface area contributed by atoms with E-state index in [1.807, 2.05) is 10.8 Å². The first-order chi connectivity index (χ1) is 9.66. The predicted molar refractivity (Wildman–Crippen MR) is 78.8 cm³/mol. The fraction of sp³-hybridized carbons (Fsp3) is 0.769. The second-order valence-corrected chi connectivity index (χ2v) is 7.28. The Bertz CT molecular complexity index is 467. The van der Waals surface area contributed by atoms with Crippen molar-refractivity contribution < 1.29 is 8.42 Å². The number of sulfonamides is 1. The van der Waals surface area contributed by atoms with E-state index in [2.05, 4.69) is 15.0 Å². The number of aromatic nitrogens is 2. The summed E-state index contributed by atoms with van der Waals surface area (Å²) in [5.74, 6) is 0.807. The van der Waals surface area contributed by atoms with Crippen LogP contribution in [0.3, 0.4) is 0 Å². The van der Waals surface area contributed by atoms with Crippen LogP contribution in [0.1, 0.15) is 25.7 Å². The molecule has 6 nitrogen and oxygen atoms in total. The Morgan fingerprint density at radius 3 is 2.85 bits per heavy atom. The third kappa shape index (κ3) is 5.60. The van der Waals surface area contributed by atoms with Crippen LogP contribution in [0.4, 0.5) is 0 Å². The van der Waals surface area contributed by atoms with Gasteiger partial charge in [-0.1, -0.05) is 0 Å². The average molecular weight is 300 g/mol. The van der Waals surface area contributed by atoms with Crippen molar-refractivity contribution in [3.05, 3.63) is 18.7 Å². The molecule has 1 aliphatic rings. The van der Waals surface area contributed by atoms with Crippen LogP contribution in [0, 0.1) is 5.92 Å². The first-order valence-corrected chi connectivity index (χ1v) is 8.95. The van der Waals surface area contributed by atoms with Gasteiger partial charge in [-0.05, 0) is 44.7 Å². The third-order valence-electron chi connectivity index (χ3n) is 3.73. The summed E-state index contributed by atoms with van der Waals surface area (Å²) in [7, 11) is -3.12. The van der Waals surface area contributed by atoms with Gasteiger partial charge in [0.1, 0.15) is 0 Å². The highest BCUT2D eigenvalue weighted by molar-refractivity contribution is 7.89. The molecule has 1 saturated heterocycles. The zero-order valence-electron chi connectivity index (χ0n) is 11.8. The van der Waals surface area contributed by atoms with Gasteiger partial charge in [-0.2, -0.15) is 0 Å². The number of hydrogen-bond donors (Lipinski definition) is 2. The van der Waals surface area contributed by atoms with Crippen molar-refractivity contribution in [2.75, 3.05) is 25.4 Å². The van der Waals surface area contributed by atoms with Gasteiger partial charge in [0, 0.05) is 25.5 Å². The van der Waals surface area contributed by atoms with Gasteiger partial charge in [0.2, 0.25) is 10.0 Å². The molecule has 0 radical (unpaired) electrons. The van der Waals surface area contributed by atoms with Crippen LogP contribution in [0.2, 0.25) is 0 Å². The van der Waals surface area contributed by atoms with Gasteiger partial charge < -0.3 is 9.88 Å². The molecule has 114 valence electrons. The standard InChI is InChI=1S/C13H24N4O2S/c18-20(19,11-4-13-2-6-14-7-3-13)16-5-1-9-17-10-8-15-12-17/h8,10,12-14,16H,1-7,9,11H2. The Labute approximate surface area is 121 Å². The van der Waals surface area contributed by atoms with E-state index in [1.165, 1.54) is 0 Å². The van der Waals surface area contributed by atoms with Gasteiger partial charge >= 0.3 is 0 Å². The topological polar surface area (TPSA) is 76.0 Å². The molecule has 2 rings (SSSR count). The maximum atomic E-state index is 11.9. The maximum Gasteiger partial charge on any atom is 0.211 e. The van der Waals surface area contributed by atoms with Gasteiger partial charge in [0.25, 0.3) is 0 Å². The maximum absolute atomic E-state index is 11.9. The Morgan fingerprint density at radius 2 is 2.15 bits per heavy atom. The van der Waals surface area contributed by atoms with Crippen LogP contribution in [-0.4, -0.2) is 43.4 Å². The highest BCUT2D eigenvalue weighted by atomic mass is 32.2. The number of imidazole rings is 1. The highest BCUT2D eigenvalue weighted by Gasteiger charge is 2.17. The minimum atomic E-state index is -3.12. The van der Waals surface area contributed by atoms with Crippen LogP contribution in [-0.2, 0) is 16.6 Å². The van der Waals surface area contributed by atoms with E-state index < -0.39 is 10.0 Å². The third-order valence-corrected chi connectivity index (χ3v) is 5.14. The second-order valence-electron chi connectivity index (χ2n) is 5.35. The van der Waals surface area contributed by atoms with Gasteiger partial charge in [-0.15, -0.1) is 0 Å². The molecule has 1 aromatic rings. The summed E-state index contributed by atoms with van der Waals surface area (Å²) in [5, 5.41) is 3.29. The van der Waals surface area contributed by atoms with E-state index in [0.29, 0.717) is 12.5 Å². The second kappa shape index (κ2) is 7.75. The number of piperidine rings is 1. The Morgan fingerprint density at radius 1 is 1.35 bits per heavy atom. The van der Waals surface area contributed by atoms with E-state index >= 15 is 0 Å². The summed E-state index contributed by atoms with van der Waals surface area (Å²) in [5.41, 5.74) is 0. The van der Waals surface area contributed by atoms with Gasteiger partial charge in [0.15, 0.2) is 0 Å². The molecule has 0 aromatic carbocycles. The molecule has 2 heterocycles. The molecular weight excluding hydrogens is 276 g/mol.